The molecule has 1 heterocycles. The zero-order chi connectivity index (χ0) is 21.8. The number of rotatable bonds is 7. The number of nitrogens with zero attached hydrogens (tertiary/aromatic N) is 3. The third-order valence-electron chi connectivity index (χ3n) is 5.50. The van der Waals surface area contributed by atoms with E-state index in [1.807, 2.05) is 27.1 Å². The van der Waals surface area contributed by atoms with Crippen molar-refractivity contribution in [2.24, 2.45) is 0 Å². The number of benzene rings is 2. The van der Waals surface area contributed by atoms with Gasteiger partial charge in [-0.05, 0) is 37.7 Å². The predicted octanol–water partition coefficient (Wildman–Crippen LogP) is 3.80. The van der Waals surface area contributed by atoms with Crippen LogP contribution in [0.5, 0.6) is 0 Å². The minimum atomic E-state index is 0.137. The first-order chi connectivity index (χ1) is 15.0. The average molecular weight is 416 g/mol. The molecule has 6 nitrogen and oxygen atoms in total. The molecule has 1 aliphatic rings. The van der Waals surface area contributed by atoms with Crippen molar-refractivity contribution >= 4 is 11.6 Å². The van der Waals surface area contributed by atoms with E-state index < -0.39 is 0 Å². The molecular weight excluding hydrogens is 386 g/mol. The van der Waals surface area contributed by atoms with E-state index in [-0.39, 0.29) is 5.92 Å². The van der Waals surface area contributed by atoms with Crippen molar-refractivity contribution in [3.63, 3.8) is 0 Å². The van der Waals surface area contributed by atoms with E-state index in [0.717, 1.165) is 35.6 Å². The predicted molar refractivity (Wildman–Crippen MR) is 125 cm³/mol. The van der Waals surface area contributed by atoms with Crippen LogP contribution in [0.25, 0.3) is 16.8 Å². The SMILES string of the molecule is Cc1nc(N)nc2c1C(NOCCN(C)C)=CC(c1ccccc1-c1ccccc1)C2. The first-order valence-electron chi connectivity index (χ1n) is 10.5. The number of nitrogen functional groups attached to an aromatic ring is 1. The van der Waals surface area contributed by atoms with Crippen LogP contribution in [0.2, 0.25) is 0 Å². The molecule has 0 aliphatic heterocycles. The number of aryl methyl sites for hydroxylation is 1. The Morgan fingerprint density at radius 3 is 2.58 bits per heavy atom. The smallest absolute Gasteiger partial charge is 0.220 e. The van der Waals surface area contributed by atoms with E-state index >= 15 is 0 Å². The Morgan fingerprint density at radius 2 is 1.81 bits per heavy atom. The fourth-order valence-corrected chi connectivity index (χ4v) is 4.05. The molecule has 160 valence electrons. The van der Waals surface area contributed by atoms with Gasteiger partial charge in [-0.3, -0.25) is 10.3 Å². The van der Waals surface area contributed by atoms with Gasteiger partial charge in [-0.1, -0.05) is 60.7 Å². The quantitative estimate of drug-likeness (QED) is 0.452. The number of allylic oxidation sites excluding steroid dienone is 1. The number of likely N-dealkylation sites (N-methyl/N-ethyl adjacent to an activating group) is 1. The summed E-state index contributed by atoms with van der Waals surface area (Å²) in [6.07, 6.45) is 2.99. The molecular formula is C25H29N5O. The van der Waals surface area contributed by atoms with E-state index in [1.165, 1.54) is 16.7 Å². The van der Waals surface area contributed by atoms with Crippen LogP contribution in [-0.4, -0.2) is 42.1 Å². The van der Waals surface area contributed by atoms with Crippen LogP contribution in [0, 0.1) is 6.92 Å². The Bertz CT molecular complexity index is 1080. The van der Waals surface area contributed by atoms with E-state index in [0.29, 0.717) is 12.6 Å². The lowest BCUT2D eigenvalue weighted by Crippen LogP contribution is -2.26. The second kappa shape index (κ2) is 9.29. The summed E-state index contributed by atoms with van der Waals surface area (Å²) in [6.45, 7) is 3.36. The summed E-state index contributed by atoms with van der Waals surface area (Å²) in [5, 5.41) is 0. The monoisotopic (exact) mass is 415 g/mol. The molecule has 0 saturated carbocycles. The van der Waals surface area contributed by atoms with Crippen LogP contribution in [-0.2, 0) is 11.3 Å². The van der Waals surface area contributed by atoms with Gasteiger partial charge in [-0.15, -0.1) is 0 Å². The standard InChI is InChI=1S/C25H29N5O/c1-17-24-22(28-25(26)27-17)15-19(16-23(24)29-31-14-13-30(2)3)21-12-8-7-11-20(21)18-9-5-4-6-10-18/h4-12,16,19,29H,13-15H2,1-3H3,(H2,26,27,28). The third-order valence-corrected chi connectivity index (χ3v) is 5.50. The van der Waals surface area contributed by atoms with Crippen LogP contribution in [0.15, 0.2) is 60.7 Å². The molecule has 1 aliphatic carbocycles. The molecule has 0 radical (unpaired) electrons. The number of nitrogens with two attached hydrogens (primary N) is 1. The maximum absolute atomic E-state index is 5.99. The molecule has 31 heavy (non-hydrogen) atoms. The largest absolute Gasteiger partial charge is 0.368 e. The van der Waals surface area contributed by atoms with E-state index in [2.05, 4.69) is 75.0 Å². The summed E-state index contributed by atoms with van der Waals surface area (Å²) in [6, 6.07) is 19.0. The van der Waals surface area contributed by atoms with Gasteiger partial charge in [-0.2, -0.15) is 0 Å². The molecule has 3 aromatic rings. The van der Waals surface area contributed by atoms with Gasteiger partial charge in [0.25, 0.3) is 0 Å². The van der Waals surface area contributed by atoms with Gasteiger partial charge >= 0.3 is 0 Å². The Labute approximate surface area is 183 Å². The second-order valence-corrected chi connectivity index (χ2v) is 8.09. The topological polar surface area (TPSA) is 76.3 Å². The minimum Gasteiger partial charge on any atom is -0.368 e. The molecule has 0 fully saturated rings. The van der Waals surface area contributed by atoms with E-state index in [4.69, 9.17) is 10.6 Å². The van der Waals surface area contributed by atoms with Crippen LogP contribution in [0.4, 0.5) is 5.95 Å². The van der Waals surface area contributed by atoms with Crippen molar-refractivity contribution in [1.82, 2.24) is 20.3 Å². The van der Waals surface area contributed by atoms with Gasteiger partial charge in [0.05, 0.1) is 23.7 Å². The third kappa shape index (κ3) is 4.76. The Balaban J connectivity index is 1.72. The van der Waals surface area contributed by atoms with Crippen molar-refractivity contribution in [1.29, 1.82) is 0 Å². The lowest BCUT2D eigenvalue weighted by molar-refractivity contribution is 0.0663. The second-order valence-electron chi connectivity index (χ2n) is 8.09. The highest BCUT2D eigenvalue weighted by molar-refractivity contribution is 5.74. The number of nitrogens with one attached hydrogen (secondary N) is 1. The Morgan fingerprint density at radius 1 is 1.06 bits per heavy atom. The number of anilines is 1. The van der Waals surface area contributed by atoms with Crippen LogP contribution in [0.3, 0.4) is 0 Å². The number of hydrogen-bond acceptors (Lipinski definition) is 6. The zero-order valence-electron chi connectivity index (χ0n) is 18.3. The molecule has 0 saturated heterocycles. The van der Waals surface area contributed by atoms with Crippen molar-refractivity contribution in [3.8, 4) is 11.1 Å². The van der Waals surface area contributed by atoms with E-state index in [9.17, 15) is 0 Å². The fraction of sp³-hybridized carbons (Fsp3) is 0.280. The van der Waals surface area contributed by atoms with Crippen molar-refractivity contribution in [3.05, 3.63) is 83.2 Å². The number of hydrogen-bond donors (Lipinski definition) is 2. The molecule has 0 amide bonds. The van der Waals surface area contributed by atoms with Crippen LogP contribution in [0.1, 0.15) is 28.4 Å². The number of fused-ring (bicyclic) bond motifs is 1. The number of hydroxylamine groups is 1. The van der Waals surface area contributed by atoms with Gasteiger partial charge in [0.15, 0.2) is 0 Å². The summed E-state index contributed by atoms with van der Waals surface area (Å²) in [5.74, 6) is 0.443. The van der Waals surface area contributed by atoms with E-state index in [1.54, 1.807) is 0 Å². The summed E-state index contributed by atoms with van der Waals surface area (Å²) in [5.41, 5.74) is 16.5. The summed E-state index contributed by atoms with van der Waals surface area (Å²) >= 11 is 0. The average Bonchev–Trinajstić information content (AvgIpc) is 2.76. The maximum atomic E-state index is 5.99. The molecule has 2 aromatic carbocycles. The zero-order valence-corrected chi connectivity index (χ0v) is 18.3. The van der Waals surface area contributed by atoms with Crippen molar-refractivity contribution < 1.29 is 4.84 Å². The highest BCUT2D eigenvalue weighted by Gasteiger charge is 2.26. The maximum Gasteiger partial charge on any atom is 0.220 e. The van der Waals surface area contributed by atoms with Gasteiger partial charge < -0.3 is 10.6 Å². The lowest BCUT2D eigenvalue weighted by atomic mass is 9.82. The lowest BCUT2D eigenvalue weighted by Gasteiger charge is -2.27. The normalized spacial score (nSPS) is 15.5. The molecule has 6 heteroatoms. The highest BCUT2D eigenvalue weighted by Crippen LogP contribution is 2.38. The molecule has 3 N–H and O–H groups in total. The van der Waals surface area contributed by atoms with Crippen LogP contribution >= 0.6 is 0 Å². The molecule has 4 rings (SSSR count). The van der Waals surface area contributed by atoms with Crippen molar-refractivity contribution in [2.45, 2.75) is 19.3 Å². The molecule has 1 unspecified atom stereocenters. The summed E-state index contributed by atoms with van der Waals surface area (Å²) < 4.78 is 0. The van der Waals surface area contributed by atoms with Gasteiger partial charge in [0.2, 0.25) is 5.95 Å². The molecule has 1 atom stereocenters. The summed E-state index contributed by atoms with van der Waals surface area (Å²) in [7, 11) is 4.05. The van der Waals surface area contributed by atoms with Gasteiger partial charge in [0, 0.05) is 24.4 Å². The van der Waals surface area contributed by atoms with Crippen molar-refractivity contribution in [2.75, 3.05) is 33.0 Å². The Kier molecular flexibility index (Phi) is 6.30. The number of aromatic nitrogens is 2. The summed E-state index contributed by atoms with van der Waals surface area (Å²) in [4.78, 5) is 16.8. The molecule has 1 aromatic heterocycles. The first-order valence-corrected chi connectivity index (χ1v) is 10.5. The fourth-order valence-electron chi connectivity index (χ4n) is 4.05. The molecule has 0 bridgehead atoms. The molecule has 0 spiro atoms. The first kappa shape index (κ1) is 21.0. The minimum absolute atomic E-state index is 0.137. The van der Waals surface area contributed by atoms with Crippen LogP contribution < -0.4 is 11.2 Å². The highest BCUT2D eigenvalue weighted by atomic mass is 16.6. The Hall–Kier alpha value is -3.22. The van der Waals surface area contributed by atoms with Gasteiger partial charge in [0.1, 0.15) is 0 Å². The van der Waals surface area contributed by atoms with Gasteiger partial charge in [-0.25, -0.2) is 9.97 Å².